The Morgan fingerprint density at radius 1 is 1.06 bits per heavy atom. The van der Waals surface area contributed by atoms with Gasteiger partial charge in [0.15, 0.2) is 5.65 Å². The minimum atomic E-state index is 0.0384. The number of nitrogens with zero attached hydrogens (tertiary/aromatic N) is 6. The highest BCUT2D eigenvalue weighted by Gasteiger charge is 2.67. The molecule has 0 radical (unpaired) electrons. The van der Waals surface area contributed by atoms with Gasteiger partial charge in [0, 0.05) is 29.3 Å². The molecule has 0 spiro atoms. The summed E-state index contributed by atoms with van der Waals surface area (Å²) in [6, 6.07) is 0.587. The predicted molar refractivity (Wildman–Crippen MR) is 119 cm³/mol. The highest BCUT2D eigenvalue weighted by atomic mass is 16.5. The topological polar surface area (TPSA) is 78.6 Å². The lowest BCUT2D eigenvalue weighted by Crippen LogP contribution is -2.63. The summed E-state index contributed by atoms with van der Waals surface area (Å²) in [6.45, 7) is 6.54. The molecule has 0 aromatic carbocycles. The summed E-state index contributed by atoms with van der Waals surface area (Å²) in [5.74, 6) is 1.18. The average molecular weight is 431 g/mol. The van der Waals surface area contributed by atoms with Gasteiger partial charge in [0.25, 0.3) is 0 Å². The second-order valence-corrected chi connectivity index (χ2v) is 11.3. The summed E-state index contributed by atoms with van der Waals surface area (Å²) in [7, 11) is 0. The molecule has 4 saturated carbocycles. The van der Waals surface area contributed by atoms with E-state index >= 15 is 0 Å². The maximum atomic E-state index is 6.36. The van der Waals surface area contributed by atoms with Crippen LogP contribution in [0.5, 0.6) is 0 Å². The molecule has 3 atom stereocenters. The van der Waals surface area contributed by atoms with E-state index in [1.807, 2.05) is 19.3 Å². The molecule has 0 unspecified atom stereocenters. The van der Waals surface area contributed by atoms with Gasteiger partial charge in [-0.15, -0.1) is 0 Å². The zero-order chi connectivity index (χ0) is 21.7. The van der Waals surface area contributed by atoms with E-state index in [2.05, 4.69) is 29.8 Å². The summed E-state index contributed by atoms with van der Waals surface area (Å²) in [5.41, 5.74) is 5.60. The van der Waals surface area contributed by atoms with Gasteiger partial charge >= 0.3 is 0 Å². The van der Waals surface area contributed by atoms with Gasteiger partial charge < -0.3 is 4.74 Å². The molecular weight excluding hydrogens is 400 g/mol. The number of fused-ring (bicyclic) bond motifs is 1. The maximum Gasteiger partial charge on any atom is 0.182 e. The molecule has 3 aromatic rings. The van der Waals surface area contributed by atoms with Crippen LogP contribution in [0.4, 0.5) is 0 Å². The van der Waals surface area contributed by atoms with Crippen LogP contribution < -0.4 is 0 Å². The molecule has 5 fully saturated rings. The van der Waals surface area contributed by atoms with E-state index in [-0.39, 0.29) is 23.5 Å². The zero-order valence-corrected chi connectivity index (χ0v) is 19.1. The smallest absolute Gasteiger partial charge is 0.182 e. The van der Waals surface area contributed by atoms with Gasteiger partial charge in [-0.3, -0.25) is 4.68 Å². The van der Waals surface area contributed by atoms with Gasteiger partial charge in [0.1, 0.15) is 11.3 Å². The van der Waals surface area contributed by atoms with Crippen LogP contribution >= 0.6 is 0 Å². The molecule has 2 bridgehead atoms. The molecule has 0 amide bonds. The van der Waals surface area contributed by atoms with E-state index in [1.54, 1.807) is 0 Å². The minimum Gasteiger partial charge on any atom is -0.370 e. The second-order valence-electron chi connectivity index (χ2n) is 11.3. The molecule has 166 valence electrons. The quantitative estimate of drug-likeness (QED) is 0.596. The van der Waals surface area contributed by atoms with Gasteiger partial charge in [0.2, 0.25) is 0 Å². The van der Waals surface area contributed by atoms with Crippen molar-refractivity contribution in [2.75, 3.05) is 0 Å². The summed E-state index contributed by atoms with van der Waals surface area (Å²) in [5, 5.41) is 4.59. The van der Waals surface area contributed by atoms with E-state index in [0.717, 1.165) is 41.2 Å². The van der Waals surface area contributed by atoms with Gasteiger partial charge in [-0.05, 0) is 64.2 Å². The number of ether oxygens (including phenoxy) is 1. The zero-order valence-electron chi connectivity index (χ0n) is 19.1. The molecule has 7 heteroatoms. The second kappa shape index (κ2) is 6.34. The Hall–Kier alpha value is -2.41. The summed E-state index contributed by atoms with van der Waals surface area (Å²) in [4.78, 5) is 19.7. The third-order valence-corrected chi connectivity index (χ3v) is 8.13. The Morgan fingerprint density at radius 2 is 1.88 bits per heavy atom. The fraction of sp³-hybridized carbons (Fsp3) is 0.640. The fourth-order valence-corrected chi connectivity index (χ4v) is 6.74. The van der Waals surface area contributed by atoms with Crippen LogP contribution in [0.1, 0.15) is 99.6 Å². The summed E-state index contributed by atoms with van der Waals surface area (Å²) in [6.07, 6.45) is 14.2. The van der Waals surface area contributed by atoms with Crippen molar-refractivity contribution in [3.8, 4) is 0 Å². The number of aromatic nitrogens is 6. The highest BCUT2D eigenvalue weighted by Crippen LogP contribution is 2.73. The molecule has 1 saturated heterocycles. The Morgan fingerprint density at radius 3 is 2.62 bits per heavy atom. The fourth-order valence-electron chi connectivity index (χ4n) is 6.74. The molecule has 4 heterocycles. The Bertz CT molecular complexity index is 1210. The van der Waals surface area contributed by atoms with Crippen molar-refractivity contribution in [3.05, 3.63) is 41.4 Å². The van der Waals surface area contributed by atoms with Gasteiger partial charge in [-0.1, -0.05) is 6.92 Å². The number of hydrogen-bond acceptors (Lipinski definition) is 6. The van der Waals surface area contributed by atoms with Crippen molar-refractivity contribution in [3.63, 3.8) is 0 Å². The lowest BCUT2D eigenvalue weighted by atomic mass is 9.35. The van der Waals surface area contributed by atoms with Crippen molar-refractivity contribution >= 4 is 11.2 Å². The largest absolute Gasteiger partial charge is 0.370 e. The van der Waals surface area contributed by atoms with E-state index in [9.17, 15) is 0 Å². The number of rotatable bonds is 4. The van der Waals surface area contributed by atoms with Crippen molar-refractivity contribution < 1.29 is 4.74 Å². The Kier molecular flexibility index (Phi) is 3.78. The Labute approximate surface area is 188 Å². The van der Waals surface area contributed by atoms with Crippen molar-refractivity contribution in [2.24, 2.45) is 5.41 Å². The monoisotopic (exact) mass is 430 g/mol. The average Bonchev–Trinajstić information content (AvgIpc) is 3.45. The lowest BCUT2D eigenvalue weighted by Gasteiger charge is -2.69. The third kappa shape index (κ3) is 2.86. The molecule has 1 aliphatic heterocycles. The summed E-state index contributed by atoms with van der Waals surface area (Å²) >= 11 is 0. The SMILES string of the molecule is Cc1cnc2c(C34CC(C)(C3)C4)nc([C@H]3C[C@@H](C)O[C@H](c4cnn(C5CC5)c4)C3)nc2n1. The molecule has 3 aromatic heterocycles. The van der Waals surface area contributed by atoms with Crippen LogP contribution in [0.25, 0.3) is 11.2 Å². The van der Waals surface area contributed by atoms with Gasteiger partial charge in [-0.2, -0.15) is 5.10 Å². The van der Waals surface area contributed by atoms with Crippen molar-refractivity contribution in [1.82, 2.24) is 29.7 Å². The van der Waals surface area contributed by atoms with Crippen LogP contribution in [0, 0.1) is 12.3 Å². The van der Waals surface area contributed by atoms with E-state index in [4.69, 9.17) is 24.7 Å². The lowest BCUT2D eigenvalue weighted by molar-refractivity contribution is -0.127. The van der Waals surface area contributed by atoms with E-state index < -0.39 is 0 Å². The van der Waals surface area contributed by atoms with Crippen molar-refractivity contribution in [1.29, 1.82) is 0 Å². The number of aryl methyl sites for hydroxylation is 1. The van der Waals surface area contributed by atoms with Crippen molar-refractivity contribution in [2.45, 2.75) is 95.3 Å². The maximum absolute atomic E-state index is 6.36. The minimum absolute atomic E-state index is 0.0384. The molecule has 0 N–H and O–H groups in total. The van der Waals surface area contributed by atoms with E-state index in [1.165, 1.54) is 37.7 Å². The van der Waals surface area contributed by atoms with Crippen LogP contribution in [0.3, 0.4) is 0 Å². The van der Waals surface area contributed by atoms with Crippen LogP contribution in [-0.4, -0.2) is 35.8 Å². The first-order valence-corrected chi connectivity index (χ1v) is 12.1. The highest BCUT2D eigenvalue weighted by molar-refractivity contribution is 5.75. The van der Waals surface area contributed by atoms with E-state index in [0.29, 0.717) is 11.5 Å². The first kappa shape index (κ1) is 19.1. The third-order valence-electron chi connectivity index (χ3n) is 8.13. The van der Waals surface area contributed by atoms with Gasteiger partial charge in [-0.25, -0.2) is 19.9 Å². The number of hydrogen-bond donors (Lipinski definition) is 0. The molecule has 4 aliphatic carbocycles. The molecular formula is C25H30N6O. The molecule has 32 heavy (non-hydrogen) atoms. The molecule has 7 nitrogen and oxygen atoms in total. The van der Waals surface area contributed by atoms with Gasteiger partial charge in [0.05, 0.1) is 35.8 Å². The first-order chi connectivity index (χ1) is 15.4. The standard InChI is InChI=1S/C25H30N6O/c1-14-8-26-20-21(25-11-24(3,12-25)13-25)29-22(30-23(20)28-14)16-6-15(2)32-19(7-16)17-9-27-31(10-17)18-4-5-18/h8-10,15-16,18-19H,4-7,11-13H2,1-3H3/t15-,16+,19+,24?,25?/m1/s1. The summed E-state index contributed by atoms with van der Waals surface area (Å²) < 4.78 is 8.47. The van der Waals surface area contributed by atoms with Crippen LogP contribution in [0.2, 0.25) is 0 Å². The normalized spacial score (nSPS) is 36.0. The van der Waals surface area contributed by atoms with Crippen LogP contribution in [0.15, 0.2) is 18.6 Å². The molecule has 8 rings (SSSR count). The first-order valence-electron chi connectivity index (χ1n) is 12.1. The molecule has 5 aliphatic rings. The Balaban J connectivity index is 1.26. The van der Waals surface area contributed by atoms with Crippen LogP contribution in [-0.2, 0) is 10.2 Å². The predicted octanol–water partition coefficient (Wildman–Crippen LogP) is 4.73.